The van der Waals surface area contributed by atoms with Crippen LogP contribution >= 0.6 is 0 Å². The van der Waals surface area contributed by atoms with E-state index in [4.69, 9.17) is 0 Å². The third-order valence-corrected chi connectivity index (χ3v) is 3.35. The normalized spacial score (nSPS) is 19.5. The summed E-state index contributed by atoms with van der Waals surface area (Å²) in [6, 6.07) is -0.0411. The van der Waals surface area contributed by atoms with Crippen molar-refractivity contribution in [3.8, 4) is 0 Å². The van der Waals surface area contributed by atoms with Crippen molar-refractivity contribution in [2.24, 2.45) is 0 Å². The Kier molecular flexibility index (Phi) is 2.89. The van der Waals surface area contributed by atoms with Gasteiger partial charge in [0.25, 0.3) is 10.2 Å². The summed E-state index contributed by atoms with van der Waals surface area (Å²) in [5.41, 5.74) is 0. The number of carbonyl (C=O) groups is 1. The van der Waals surface area contributed by atoms with Gasteiger partial charge in [-0.2, -0.15) is 12.7 Å². The molecule has 0 spiro atoms. The van der Waals surface area contributed by atoms with Crippen LogP contribution in [0.15, 0.2) is 0 Å². The van der Waals surface area contributed by atoms with Crippen LogP contribution in [0.2, 0.25) is 0 Å². The van der Waals surface area contributed by atoms with Gasteiger partial charge < -0.3 is 5.32 Å². The standard InChI is InChI=1S/C6H13N3O3S/c1-5(10)8-6-3-9(4-6)13(11,12)7-2/h6-7H,3-4H2,1-2H3,(H,8,10). The van der Waals surface area contributed by atoms with Crippen molar-refractivity contribution >= 4 is 16.1 Å². The summed E-state index contributed by atoms with van der Waals surface area (Å²) in [6.07, 6.45) is 0. The van der Waals surface area contributed by atoms with Crippen LogP contribution in [0.4, 0.5) is 0 Å². The number of rotatable bonds is 3. The molecule has 1 rings (SSSR count). The third-order valence-electron chi connectivity index (χ3n) is 1.85. The van der Waals surface area contributed by atoms with Crippen molar-refractivity contribution in [1.29, 1.82) is 0 Å². The average molecular weight is 207 g/mol. The van der Waals surface area contributed by atoms with E-state index in [0.29, 0.717) is 13.1 Å². The number of hydrogen-bond acceptors (Lipinski definition) is 3. The first kappa shape index (κ1) is 10.4. The zero-order valence-corrected chi connectivity index (χ0v) is 8.39. The molecule has 0 aromatic rings. The van der Waals surface area contributed by atoms with Gasteiger partial charge in [0.1, 0.15) is 0 Å². The Hall–Kier alpha value is -0.660. The second-order valence-corrected chi connectivity index (χ2v) is 4.80. The highest BCUT2D eigenvalue weighted by Gasteiger charge is 2.35. The highest BCUT2D eigenvalue weighted by molar-refractivity contribution is 7.87. The molecule has 7 heteroatoms. The first-order valence-corrected chi connectivity index (χ1v) is 5.35. The van der Waals surface area contributed by atoms with E-state index in [0.717, 1.165) is 0 Å². The third kappa shape index (κ3) is 2.39. The summed E-state index contributed by atoms with van der Waals surface area (Å²) < 4.78 is 25.7. The van der Waals surface area contributed by atoms with Crippen molar-refractivity contribution in [3.05, 3.63) is 0 Å². The monoisotopic (exact) mass is 207 g/mol. The zero-order chi connectivity index (χ0) is 10.1. The number of carbonyl (C=O) groups excluding carboxylic acids is 1. The maximum absolute atomic E-state index is 11.1. The van der Waals surface area contributed by atoms with Crippen molar-refractivity contribution in [2.45, 2.75) is 13.0 Å². The lowest BCUT2D eigenvalue weighted by Crippen LogP contribution is -2.62. The van der Waals surface area contributed by atoms with E-state index in [1.807, 2.05) is 0 Å². The van der Waals surface area contributed by atoms with E-state index in [2.05, 4.69) is 10.0 Å². The van der Waals surface area contributed by atoms with E-state index < -0.39 is 10.2 Å². The minimum atomic E-state index is -3.30. The molecule has 13 heavy (non-hydrogen) atoms. The van der Waals surface area contributed by atoms with Gasteiger partial charge >= 0.3 is 0 Å². The highest BCUT2D eigenvalue weighted by atomic mass is 32.2. The summed E-state index contributed by atoms with van der Waals surface area (Å²) in [5.74, 6) is -0.133. The second kappa shape index (κ2) is 3.60. The van der Waals surface area contributed by atoms with Gasteiger partial charge in [0.15, 0.2) is 0 Å². The van der Waals surface area contributed by atoms with Crippen LogP contribution in [0.5, 0.6) is 0 Å². The molecule has 1 heterocycles. The van der Waals surface area contributed by atoms with E-state index in [-0.39, 0.29) is 11.9 Å². The van der Waals surface area contributed by atoms with Gasteiger partial charge in [0, 0.05) is 27.1 Å². The van der Waals surface area contributed by atoms with Crippen LogP contribution in [0, 0.1) is 0 Å². The van der Waals surface area contributed by atoms with Crippen LogP contribution in [0.25, 0.3) is 0 Å². The molecule has 0 unspecified atom stereocenters. The molecular formula is C6H13N3O3S. The van der Waals surface area contributed by atoms with Crippen LogP contribution in [0.3, 0.4) is 0 Å². The molecule has 0 bridgehead atoms. The van der Waals surface area contributed by atoms with Gasteiger partial charge in [-0.25, -0.2) is 4.72 Å². The summed E-state index contributed by atoms with van der Waals surface area (Å²) in [4.78, 5) is 10.6. The maximum atomic E-state index is 11.1. The zero-order valence-electron chi connectivity index (χ0n) is 7.57. The lowest BCUT2D eigenvalue weighted by atomic mass is 10.2. The van der Waals surface area contributed by atoms with E-state index in [1.165, 1.54) is 18.3 Å². The van der Waals surface area contributed by atoms with Crippen LogP contribution in [-0.4, -0.2) is 44.8 Å². The first-order chi connectivity index (χ1) is 5.95. The van der Waals surface area contributed by atoms with Gasteiger partial charge in [-0.3, -0.25) is 4.79 Å². The fraction of sp³-hybridized carbons (Fsp3) is 0.833. The Morgan fingerprint density at radius 3 is 2.38 bits per heavy atom. The summed E-state index contributed by atoms with van der Waals surface area (Å²) in [7, 11) is -1.94. The summed E-state index contributed by atoms with van der Waals surface area (Å²) >= 11 is 0. The molecule has 1 amide bonds. The first-order valence-electron chi connectivity index (χ1n) is 3.91. The Morgan fingerprint density at radius 1 is 1.46 bits per heavy atom. The van der Waals surface area contributed by atoms with Gasteiger partial charge in [-0.15, -0.1) is 0 Å². The Labute approximate surface area is 77.5 Å². The van der Waals surface area contributed by atoms with E-state index in [9.17, 15) is 13.2 Å². The Bertz CT molecular complexity index is 294. The average Bonchev–Trinajstić information content (AvgIpc) is 1.95. The van der Waals surface area contributed by atoms with Gasteiger partial charge in [0.05, 0.1) is 6.04 Å². The van der Waals surface area contributed by atoms with E-state index >= 15 is 0 Å². The molecule has 0 aliphatic carbocycles. The second-order valence-electron chi connectivity index (χ2n) is 2.92. The number of amides is 1. The lowest BCUT2D eigenvalue weighted by Gasteiger charge is -2.37. The topological polar surface area (TPSA) is 78.5 Å². The van der Waals surface area contributed by atoms with Crippen LogP contribution in [-0.2, 0) is 15.0 Å². The highest BCUT2D eigenvalue weighted by Crippen LogP contribution is 2.11. The molecule has 1 aliphatic rings. The Morgan fingerprint density at radius 2 is 2.00 bits per heavy atom. The molecule has 6 nitrogen and oxygen atoms in total. The molecule has 0 aromatic carbocycles. The fourth-order valence-electron chi connectivity index (χ4n) is 1.14. The maximum Gasteiger partial charge on any atom is 0.279 e. The molecule has 1 saturated heterocycles. The molecule has 0 saturated carbocycles. The SMILES string of the molecule is CNS(=O)(=O)N1CC(NC(C)=O)C1. The fourth-order valence-corrected chi connectivity index (χ4v) is 2.15. The lowest BCUT2D eigenvalue weighted by molar-refractivity contribution is -0.120. The molecule has 0 radical (unpaired) electrons. The number of hydrogen-bond donors (Lipinski definition) is 2. The molecule has 76 valence electrons. The van der Waals surface area contributed by atoms with Gasteiger partial charge in [-0.1, -0.05) is 0 Å². The summed E-state index contributed by atoms with van der Waals surface area (Å²) in [5, 5.41) is 2.63. The van der Waals surface area contributed by atoms with Crippen molar-refractivity contribution in [3.63, 3.8) is 0 Å². The van der Waals surface area contributed by atoms with Gasteiger partial charge in [-0.05, 0) is 0 Å². The Balaban J connectivity index is 2.38. The smallest absolute Gasteiger partial charge is 0.279 e. The van der Waals surface area contributed by atoms with Crippen molar-refractivity contribution in [2.75, 3.05) is 20.1 Å². The summed E-state index contributed by atoms with van der Waals surface area (Å²) in [6.45, 7) is 2.11. The van der Waals surface area contributed by atoms with Crippen molar-refractivity contribution in [1.82, 2.24) is 14.3 Å². The number of nitrogens with one attached hydrogen (secondary N) is 2. The van der Waals surface area contributed by atoms with Gasteiger partial charge in [0.2, 0.25) is 5.91 Å². The van der Waals surface area contributed by atoms with Crippen LogP contribution < -0.4 is 10.0 Å². The molecule has 2 N–H and O–H groups in total. The van der Waals surface area contributed by atoms with Crippen molar-refractivity contribution < 1.29 is 13.2 Å². The van der Waals surface area contributed by atoms with Crippen LogP contribution in [0.1, 0.15) is 6.92 Å². The van der Waals surface area contributed by atoms with E-state index in [1.54, 1.807) is 0 Å². The molecule has 1 fully saturated rings. The predicted molar refractivity (Wildman–Crippen MR) is 47.2 cm³/mol. The predicted octanol–water partition coefficient (Wildman–Crippen LogP) is -1.73. The minimum absolute atomic E-state index is 0.0411. The molecule has 0 aromatic heterocycles. The molecule has 0 atom stereocenters. The largest absolute Gasteiger partial charge is 0.351 e. The quantitative estimate of drug-likeness (QED) is 0.577. The number of nitrogens with zero attached hydrogens (tertiary/aromatic N) is 1. The molecular weight excluding hydrogens is 194 g/mol. The minimum Gasteiger partial charge on any atom is -0.351 e. The molecule has 1 aliphatic heterocycles.